The van der Waals surface area contributed by atoms with Crippen LogP contribution in [-0.4, -0.2) is 14.1 Å². The van der Waals surface area contributed by atoms with Crippen LogP contribution in [0.2, 0.25) is 0 Å². The van der Waals surface area contributed by atoms with Gasteiger partial charge in [0.25, 0.3) is 0 Å². The van der Waals surface area contributed by atoms with Gasteiger partial charge in [0.15, 0.2) is 0 Å². The summed E-state index contributed by atoms with van der Waals surface area (Å²) in [5.41, 5.74) is 9.74. The van der Waals surface area contributed by atoms with E-state index in [-0.39, 0.29) is 26.5 Å². The summed E-state index contributed by atoms with van der Waals surface area (Å²) >= 11 is 0. The van der Waals surface area contributed by atoms with E-state index in [1.807, 2.05) is 24.4 Å². The molecule has 0 radical (unpaired) electrons. The van der Waals surface area contributed by atoms with Crippen LogP contribution < -0.4 is 14.5 Å². The first-order chi connectivity index (χ1) is 25.8. The van der Waals surface area contributed by atoms with Gasteiger partial charge in [0.1, 0.15) is 5.82 Å². The molecule has 1 aliphatic heterocycles. The Morgan fingerprint density at radius 2 is 1.35 bits per heavy atom. The number of anilines is 4. The first-order valence-corrected chi connectivity index (χ1v) is 17.9. The van der Waals surface area contributed by atoms with E-state index >= 15 is 0 Å². The number of hydrogen-bond acceptors (Lipinski definition) is 4. The number of rotatable bonds is 5. The van der Waals surface area contributed by atoms with Crippen molar-refractivity contribution in [2.24, 2.45) is 7.05 Å². The number of ether oxygens (including phenoxy) is 1. The molecule has 3 aromatic heterocycles. The van der Waals surface area contributed by atoms with Crippen molar-refractivity contribution in [2.75, 3.05) is 9.80 Å². The Labute approximate surface area is 329 Å². The summed E-state index contributed by atoms with van der Waals surface area (Å²) in [6.07, 6.45) is 1.90. The molecule has 0 saturated carbocycles. The molecule has 0 unspecified atom stereocenters. The van der Waals surface area contributed by atoms with Crippen molar-refractivity contribution in [2.45, 2.75) is 26.2 Å². The van der Waals surface area contributed by atoms with Gasteiger partial charge in [-0.05, 0) is 58.8 Å². The molecule has 10 rings (SSSR count). The van der Waals surface area contributed by atoms with E-state index in [1.165, 1.54) is 27.4 Å². The summed E-state index contributed by atoms with van der Waals surface area (Å²) in [6.45, 7) is 8.83. The molecule has 0 amide bonds. The number of nitrogens with zero attached hydrogens (tertiary/aromatic N) is 5. The molecule has 0 saturated heterocycles. The van der Waals surface area contributed by atoms with Gasteiger partial charge in [-0.15, -0.1) is 48.1 Å². The van der Waals surface area contributed by atoms with Gasteiger partial charge >= 0.3 is 0 Å². The Hall–Kier alpha value is -5.84. The molecule has 0 aliphatic carbocycles. The van der Waals surface area contributed by atoms with E-state index in [0.717, 1.165) is 50.4 Å². The fourth-order valence-corrected chi connectivity index (χ4v) is 7.82. The minimum absolute atomic E-state index is 0. The second kappa shape index (κ2) is 12.9. The average molecular weight is 882 g/mol. The topological polar surface area (TPSA) is 38.5 Å². The maximum absolute atomic E-state index is 6.58. The maximum atomic E-state index is 6.58. The Morgan fingerprint density at radius 1 is 0.648 bits per heavy atom. The molecule has 1 aliphatic rings. The molecule has 268 valence electrons. The molecular weight excluding hydrogens is 846 g/mol. The standard InChI is InChI=1S/C47H36N5O.Pt/c1-47(2,3)31-25-26-48-44(27-31)52-41-20-11-9-17-36(41)38-22-21-35(29-43(38)52)53-34-16-12-15-33(28-34)50-30-51(32-13-6-5-7-14-32)46-42(50)24-23-39-37-18-8-10-19-40(37)49(4)45(39)46;/h5-27,30H,1-4H3;/q-3;. The number of hydrogen-bond donors (Lipinski definition) is 0. The van der Waals surface area contributed by atoms with E-state index in [4.69, 9.17) is 9.72 Å². The van der Waals surface area contributed by atoms with Crippen LogP contribution in [0.4, 0.5) is 22.7 Å². The van der Waals surface area contributed by atoms with Crippen molar-refractivity contribution in [3.05, 3.63) is 164 Å². The van der Waals surface area contributed by atoms with E-state index in [1.54, 1.807) is 0 Å². The van der Waals surface area contributed by atoms with E-state index in [9.17, 15) is 0 Å². The first-order valence-electron chi connectivity index (χ1n) is 17.9. The Bertz CT molecular complexity index is 2870. The smallest absolute Gasteiger partial charge is 0.135 e. The summed E-state index contributed by atoms with van der Waals surface area (Å²) in [4.78, 5) is 9.31. The summed E-state index contributed by atoms with van der Waals surface area (Å²) < 4.78 is 11.1. The second-order valence-corrected chi connectivity index (χ2v) is 14.7. The summed E-state index contributed by atoms with van der Waals surface area (Å²) in [5, 5.41) is 4.71. The monoisotopic (exact) mass is 881 g/mol. The summed E-state index contributed by atoms with van der Waals surface area (Å²) in [6, 6.07) is 53.6. The summed E-state index contributed by atoms with van der Waals surface area (Å²) in [7, 11) is 2.15. The molecular formula is C47H36N5OPt-3. The third kappa shape index (κ3) is 5.39. The molecule has 0 spiro atoms. The normalized spacial score (nSPS) is 12.9. The quantitative estimate of drug-likeness (QED) is 0.161. The van der Waals surface area contributed by atoms with Gasteiger partial charge in [-0.3, -0.25) is 0 Å². The number of pyridine rings is 1. The molecule has 9 aromatic rings. The van der Waals surface area contributed by atoms with Crippen LogP contribution in [0, 0.1) is 18.8 Å². The van der Waals surface area contributed by atoms with Gasteiger partial charge in [-0.2, -0.15) is 12.1 Å². The Morgan fingerprint density at radius 3 is 2.15 bits per heavy atom. The van der Waals surface area contributed by atoms with Gasteiger partial charge in [0, 0.05) is 79.0 Å². The first kappa shape index (κ1) is 34.0. The molecule has 0 bridgehead atoms. The van der Waals surface area contributed by atoms with E-state index in [2.05, 4.69) is 181 Å². The van der Waals surface area contributed by atoms with Crippen LogP contribution in [0.15, 0.2) is 140 Å². The predicted octanol–water partition coefficient (Wildman–Crippen LogP) is 11.9. The minimum Gasteiger partial charge on any atom is -0.509 e. The van der Waals surface area contributed by atoms with Crippen LogP contribution in [0.1, 0.15) is 26.3 Å². The largest absolute Gasteiger partial charge is 0.509 e. The molecule has 54 heavy (non-hydrogen) atoms. The van der Waals surface area contributed by atoms with Gasteiger partial charge in [0.05, 0.1) is 11.2 Å². The van der Waals surface area contributed by atoms with Crippen LogP contribution >= 0.6 is 0 Å². The molecule has 0 N–H and O–H groups in total. The maximum Gasteiger partial charge on any atom is 0.135 e. The number of aromatic nitrogens is 3. The molecule has 6 aromatic carbocycles. The van der Waals surface area contributed by atoms with Crippen LogP contribution in [0.25, 0.3) is 49.4 Å². The van der Waals surface area contributed by atoms with Crippen LogP contribution in [-0.2, 0) is 33.5 Å². The van der Waals surface area contributed by atoms with Crippen molar-refractivity contribution in [1.29, 1.82) is 0 Å². The predicted molar refractivity (Wildman–Crippen MR) is 217 cm³/mol. The van der Waals surface area contributed by atoms with Gasteiger partial charge in [-0.1, -0.05) is 87.0 Å². The molecule has 6 nitrogen and oxygen atoms in total. The Balaban J connectivity index is 0.00000384. The molecule has 4 heterocycles. The minimum atomic E-state index is -0.0122. The molecule has 7 heteroatoms. The zero-order chi connectivity index (χ0) is 35.8. The number of aryl methyl sites for hydroxylation is 1. The van der Waals surface area contributed by atoms with Crippen LogP contribution in [0.3, 0.4) is 0 Å². The van der Waals surface area contributed by atoms with Crippen molar-refractivity contribution in [1.82, 2.24) is 14.1 Å². The van der Waals surface area contributed by atoms with Crippen molar-refractivity contribution in [3.8, 4) is 17.3 Å². The number of fused-ring (bicyclic) bond motifs is 8. The zero-order valence-electron chi connectivity index (χ0n) is 30.3. The van der Waals surface area contributed by atoms with Gasteiger partial charge < -0.3 is 23.7 Å². The van der Waals surface area contributed by atoms with E-state index < -0.39 is 0 Å². The van der Waals surface area contributed by atoms with E-state index in [0.29, 0.717) is 11.5 Å². The third-order valence-electron chi connectivity index (χ3n) is 10.4. The second-order valence-electron chi connectivity index (χ2n) is 14.7. The molecule has 0 atom stereocenters. The number of benzene rings is 6. The van der Waals surface area contributed by atoms with Crippen molar-refractivity contribution in [3.63, 3.8) is 0 Å². The van der Waals surface area contributed by atoms with Gasteiger partial charge in [0.2, 0.25) is 0 Å². The fourth-order valence-electron chi connectivity index (χ4n) is 7.82. The SMILES string of the molecule is Cn1c2ccccc2c2ccc3c(c21)N(c1ccccc1)[CH-]N3c1[c-]c(Oc2[c-]c3c(cc2)c2ccccc2n3-c2cc(C(C)(C)C)ccn2)ccc1.[Pt]. The van der Waals surface area contributed by atoms with Crippen LogP contribution in [0.5, 0.6) is 11.5 Å². The average Bonchev–Trinajstić information content (AvgIpc) is 3.83. The fraction of sp³-hybridized carbons (Fsp3) is 0.106. The zero-order valence-corrected chi connectivity index (χ0v) is 32.6. The van der Waals surface area contributed by atoms with Crippen molar-refractivity contribution < 1.29 is 25.8 Å². The molecule has 0 fully saturated rings. The van der Waals surface area contributed by atoms with Gasteiger partial charge in [-0.25, -0.2) is 4.98 Å². The summed E-state index contributed by atoms with van der Waals surface area (Å²) in [5.74, 6) is 2.07. The number of para-hydroxylation sites is 3. The third-order valence-corrected chi connectivity index (χ3v) is 10.4. The Kier molecular flexibility index (Phi) is 8.13. The van der Waals surface area contributed by atoms with Crippen molar-refractivity contribution >= 4 is 66.4 Å².